The Hall–Kier alpha value is -3.64. The lowest BCUT2D eigenvalue weighted by atomic mass is 9.93. The minimum atomic E-state index is -0.373. The van der Waals surface area contributed by atoms with Gasteiger partial charge in [0, 0.05) is 49.9 Å². The summed E-state index contributed by atoms with van der Waals surface area (Å²) < 4.78 is 1.87. The molecule has 2 heterocycles. The molecule has 0 atom stereocenters. The lowest BCUT2D eigenvalue weighted by molar-refractivity contribution is 0.0999. The molecule has 1 fully saturated rings. The Bertz CT molecular complexity index is 1410. The van der Waals surface area contributed by atoms with Crippen LogP contribution in [0.4, 0.5) is 5.69 Å². The van der Waals surface area contributed by atoms with Crippen LogP contribution >= 0.6 is 0 Å². The van der Waals surface area contributed by atoms with E-state index in [1.165, 1.54) is 16.8 Å². The van der Waals surface area contributed by atoms with Crippen molar-refractivity contribution in [3.05, 3.63) is 71.4 Å². The fourth-order valence-corrected chi connectivity index (χ4v) is 5.27. The summed E-state index contributed by atoms with van der Waals surface area (Å²) in [6, 6.07) is 17.2. The van der Waals surface area contributed by atoms with E-state index in [9.17, 15) is 4.79 Å². The topological polar surface area (TPSA) is 67.4 Å². The van der Waals surface area contributed by atoms with Crippen molar-refractivity contribution in [2.24, 2.45) is 12.8 Å². The van der Waals surface area contributed by atoms with E-state index >= 15 is 0 Å². The van der Waals surface area contributed by atoms with Gasteiger partial charge in [0.25, 0.3) is 0 Å². The van der Waals surface area contributed by atoms with Crippen molar-refractivity contribution in [2.45, 2.75) is 6.42 Å². The van der Waals surface area contributed by atoms with Gasteiger partial charge in [0.2, 0.25) is 5.91 Å². The first-order valence-corrected chi connectivity index (χ1v) is 11.4. The third kappa shape index (κ3) is 3.29. The van der Waals surface area contributed by atoms with Gasteiger partial charge in [-0.05, 0) is 83.2 Å². The number of carbonyl (C=O) groups excluding carboxylic acids is 1. The zero-order valence-electron chi connectivity index (χ0n) is 19.0. The van der Waals surface area contributed by atoms with Crippen LogP contribution in [0.5, 0.6) is 0 Å². The van der Waals surface area contributed by atoms with Crippen LogP contribution in [0, 0.1) is 0 Å². The smallest absolute Gasteiger partial charge is 0.249 e. The summed E-state index contributed by atoms with van der Waals surface area (Å²) in [5.41, 5.74) is 15.5. The van der Waals surface area contributed by atoms with Crippen LogP contribution in [0.3, 0.4) is 0 Å². The van der Waals surface area contributed by atoms with Gasteiger partial charge in [-0.3, -0.25) is 9.48 Å². The molecule has 0 spiro atoms. The average Bonchev–Trinajstić information content (AvgIpc) is 3.38. The quantitative estimate of drug-likeness (QED) is 0.468. The first-order chi connectivity index (χ1) is 16.0. The van der Waals surface area contributed by atoms with Gasteiger partial charge < -0.3 is 15.5 Å². The fourth-order valence-electron chi connectivity index (χ4n) is 5.27. The maximum atomic E-state index is 12.5. The molecule has 1 aliphatic carbocycles. The predicted molar refractivity (Wildman–Crippen MR) is 133 cm³/mol. The fraction of sp³-hybridized carbons (Fsp3) is 0.259. The second-order valence-corrected chi connectivity index (χ2v) is 9.26. The predicted octanol–water partition coefficient (Wildman–Crippen LogP) is 3.66. The molecule has 1 saturated heterocycles. The van der Waals surface area contributed by atoms with E-state index in [1.807, 2.05) is 24.0 Å². The summed E-state index contributed by atoms with van der Waals surface area (Å²) in [5, 5.41) is 5.43. The van der Waals surface area contributed by atoms with Crippen molar-refractivity contribution in [1.82, 2.24) is 14.7 Å². The SMILES string of the molecule is CN1CCN(c2ccc3c(c2)Cc2c(C(N)=O)cc(-c4ccc5c(cnn5C)c4)cc2-3)CC1. The van der Waals surface area contributed by atoms with Crippen molar-refractivity contribution >= 4 is 22.5 Å². The number of nitrogens with two attached hydrogens (primary N) is 1. The first-order valence-electron chi connectivity index (χ1n) is 11.4. The van der Waals surface area contributed by atoms with Crippen LogP contribution in [0.1, 0.15) is 21.5 Å². The molecule has 6 nitrogen and oxygen atoms in total. The Morgan fingerprint density at radius 2 is 1.73 bits per heavy atom. The number of anilines is 1. The van der Waals surface area contributed by atoms with E-state index in [4.69, 9.17) is 5.73 Å². The summed E-state index contributed by atoms with van der Waals surface area (Å²) in [5.74, 6) is -0.373. The van der Waals surface area contributed by atoms with Gasteiger partial charge >= 0.3 is 0 Å². The number of benzene rings is 3. The van der Waals surface area contributed by atoms with Gasteiger partial charge in [-0.2, -0.15) is 5.10 Å². The lowest BCUT2D eigenvalue weighted by Gasteiger charge is -2.34. The summed E-state index contributed by atoms with van der Waals surface area (Å²) in [7, 11) is 4.11. The number of likely N-dealkylation sites (N-methyl/N-ethyl adjacent to an activating group) is 1. The molecule has 0 bridgehead atoms. The molecule has 1 aliphatic heterocycles. The monoisotopic (exact) mass is 437 g/mol. The molecule has 4 aromatic rings. The summed E-state index contributed by atoms with van der Waals surface area (Å²) >= 11 is 0. The number of hydrogen-bond acceptors (Lipinski definition) is 4. The first kappa shape index (κ1) is 20.0. The Balaban J connectivity index is 1.43. The molecule has 33 heavy (non-hydrogen) atoms. The third-order valence-corrected chi connectivity index (χ3v) is 7.21. The maximum absolute atomic E-state index is 12.5. The second-order valence-electron chi connectivity index (χ2n) is 9.26. The minimum Gasteiger partial charge on any atom is -0.369 e. The molecular weight excluding hydrogens is 410 g/mol. The van der Waals surface area contributed by atoms with E-state index in [2.05, 4.69) is 64.4 Å². The highest BCUT2D eigenvalue weighted by molar-refractivity contribution is 6.00. The van der Waals surface area contributed by atoms with Gasteiger partial charge in [0.15, 0.2) is 0 Å². The zero-order chi connectivity index (χ0) is 22.7. The number of rotatable bonds is 3. The van der Waals surface area contributed by atoms with Crippen molar-refractivity contribution in [2.75, 3.05) is 38.1 Å². The molecule has 2 aliphatic rings. The van der Waals surface area contributed by atoms with Gasteiger partial charge in [-0.15, -0.1) is 0 Å². The number of primary amides is 1. The van der Waals surface area contributed by atoms with E-state index < -0.39 is 0 Å². The highest BCUT2D eigenvalue weighted by atomic mass is 16.1. The van der Waals surface area contributed by atoms with Crippen molar-refractivity contribution in [3.8, 4) is 22.3 Å². The lowest BCUT2D eigenvalue weighted by Crippen LogP contribution is -2.44. The normalized spacial score (nSPS) is 15.6. The van der Waals surface area contributed by atoms with Gasteiger partial charge in [0.05, 0.1) is 11.7 Å². The molecule has 166 valence electrons. The van der Waals surface area contributed by atoms with Crippen LogP contribution in [0.2, 0.25) is 0 Å². The maximum Gasteiger partial charge on any atom is 0.249 e. The van der Waals surface area contributed by atoms with Gasteiger partial charge in [0.1, 0.15) is 0 Å². The van der Waals surface area contributed by atoms with Gasteiger partial charge in [-0.25, -0.2) is 0 Å². The van der Waals surface area contributed by atoms with Gasteiger partial charge in [-0.1, -0.05) is 12.1 Å². The standard InChI is InChI=1S/C27H27N5O/c1-30-7-9-32(10-8-30)21-4-5-22-19(12-21)15-24-23(22)13-18(14-25(24)27(28)33)17-3-6-26-20(11-17)16-29-31(26)2/h3-6,11-14,16H,7-10,15H2,1-2H3,(H2,28,33). The second kappa shape index (κ2) is 7.46. The van der Waals surface area contributed by atoms with Crippen LogP contribution < -0.4 is 10.6 Å². The van der Waals surface area contributed by atoms with Crippen molar-refractivity contribution in [3.63, 3.8) is 0 Å². The molecule has 6 rings (SSSR count). The Morgan fingerprint density at radius 3 is 2.52 bits per heavy atom. The third-order valence-electron chi connectivity index (χ3n) is 7.21. The molecule has 2 N–H and O–H groups in total. The van der Waals surface area contributed by atoms with E-state index in [0.717, 1.165) is 65.8 Å². The number of amides is 1. The number of carbonyl (C=O) groups is 1. The molecule has 1 amide bonds. The summed E-state index contributed by atoms with van der Waals surface area (Å²) in [6.45, 7) is 4.23. The van der Waals surface area contributed by atoms with E-state index in [1.54, 1.807) is 0 Å². The molecule has 0 saturated carbocycles. The minimum absolute atomic E-state index is 0.373. The Morgan fingerprint density at radius 1 is 0.909 bits per heavy atom. The molecule has 1 aromatic heterocycles. The zero-order valence-corrected chi connectivity index (χ0v) is 19.0. The number of aromatic nitrogens is 2. The summed E-state index contributed by atoms with van der Waals surface area (Å²) in [6.07, 6.45) is 2.61. The molecule has 0 unspecified atom stereocenters. The van der Waals surface area contributed by atoms with Crippen molar-refractivity contribution in [1.29, 1.82) is 0 Å². The molecule has 3 aromatic carbocycles. The van der Waals surface area contributed by atoms with Crippen molar-refractivity contribution < 1.29 is 4.79 Å². The largest absolute Gasteiger partial charge is 0.369 e. The number of fused-ring (bicyclic) bond motifs is 4. The number of hydrogen-bond donors (Lipinski definition) is 1. The average molecular weight is 438 g/mol. The van der Waals surface area contributed by atoms with Crippen LogP contribution in [-0.2, 0) is 13.5 Å². The molecule has 6 heteroatoms. The highest BCUT2D eigenvalue weighted by Crippen LogP contribution is 2.42. The van der Waals surface area contributed by atoms with Crippen LogP contribution in [0.25, 0.3) is 33.2 Å². The molecule has 0 radical (unpaired) electrons. The van der Waals surface area contributed by atoms with Crippen LogP contribution in [0.15, 0.2) is 54.7 Å². The number of piperazine rings is 1. The number of nitrogens with zero attached hydrogens (tertiary/aromatic N) is 4. The van der Waals surface area contributed by atoms with Crippen LogP contribution in [-0.4, -0.2) is 53.8 Å². The summed E-state index contributed by atoms with van der Waals surface area (Å²) in [4.78, 5) is 17.3. The van der Waals surface area contributed by atoms with E-state index in [0.29, 0.717) is 5.56 Å². The number of aryl methyl sites for hydroxylation is 1. The highest BCUT2D eigenvalue weighted by Gasteiger charge is 2.26. The molecular formula is C27H27N5O. The van der Waals surface area contributed by atoms with E-state index in [-0.39, 0.29) is 5.91 Å². The Labute approximate surface area is 193 Å². The Kier molecular flexibility index (Phi) is 4.52.